The van der Waals surface area contributed by atoms with Gasteiger partial charge in [0.05, 0.1) is 12.2 Å². The first-order chi connectivity index (χ1) is 9.38. The fraction of sp³-hybridized carbons (Fsp3) is 0.867. The maximum atomic E-state index is 12.7. The van der Waals surface area contributed by atoms with Crippen molar-refractivity contribution in [1.82, 2.24) is 10.2 Å². The molecule has 3 atom stereocenters. The Bertz CT molecular complexity index is 431. The van der Waals surface area contributed by atoms with E-state index in [-0.39, 0.29) is 30.1 Å². The molecule has 0 radical (unpaired) electrons. The van der Waals surface area contributed by atoms with Gasteiger partial charge in [-0.05, 0) is 52.4 Å². The van der Waals surface area contributed by atoms with Crippen molar-refractivity contribution in [2.75, 3.05) is 6.54 Å². The smallest absolute Gasteiger partial charge is 0.248 e. The number of rotatable bonds is 3. The van der Waals surface area contributed by atoms with Crippen molar-refractivity contribution in [3.63, 3.8) is 0 Å². The zero-order chi connectivity index (χ0) is 14.5. The standard InChI is InChI=1S/C15H24N2O3/c1-9-4-7-11(20-9)8-17-12(10-5-6-10)13(18)16-15(2,3)14(17)19/h9-12H,4-8H2,1-3H3,(H,16,18). The third kappa shape index (κ3) is 2.43. The predicted octanol–water partition coefficient (Wildman–Crippen LogP) is 1.07. The molecule has 2 amide bonds. The fourth-order valence-corrected chi connectivity index (χ4v) is 3.38. The molecule has 0 aromatic heterocycles. The molecule has 5 heteroatoms. The molecule has 3 fully saturated rings. The van der Waals surface area contributed by atoms with Crippen molar-refractivity contribution in [1.29, 1.82) is 0 Å². The fourth-order valence-electron chi connectivity index (χ4n) is 3.38. The van der Waals surface area contributed by atoms with E-state index in [1.165, 1.54) is 0 Å². The number of piperazine rings is 1. The van der Waals surface area contributed by atoms with E-state index >= 15 is 0 Å². The Morgan fingerprint density at radius 2 is 1.95 bits per heavy atom. The molecule has 2 aliphatic heterocycles. The average Bonchev–Trinajstić information content (AvgIpc) is 3.09. The first-order valence-corrected chi connectivity index (χ1v) is 7.67. The van der Waals surface area contributed by atoms with E-state index in [1.807, 2.05) is 0 Å². The van der Waals surface area contributed by atoms with Gasteiger partial charge in [-0.2, -0.15) is 0 Å². The molecule has 0 aromatic carbocycles. The molecule has 3 aliphatic rings. The van der Waals surface area contributed by atoms with Crippen LogP contribution < -0.4 is 5.32 Å². The van der Waals surface area contributed by atoms with Crippen molar-refractivity contribution >= 4 is 11.8 Å². The molecule has 3 rings (SSSR count). The third-order valence-corrected chi connectivity index (χ3v) is 4.62. The van der Waals surface area contributed by atoms with E-state index in [1.54, 1.807) is 18.7 Å². The van der Waals surface area contributed by atoms with E-state index in [2.05, 4.69) is 12.2 Å². The predicted molar refractivity (Wildman–Crippen MR) is 74.0 cm³/mol. The van der Waals surface area contributed by atoms with Crippen LogP contribution >= 0.6 is 0 Å². The zero-order valence-corrected chi connectivity index (χ0v) is 12.5. The van der Waals surface area contributed by atoms with Crippen LogP contribution in [0, 0.1) is 5.92 Å². The minimum atomic E-state index is -0.799. The quantitative estimate of drug-likeness (QED) is 0.841. The molecule has 2 saturated heterocycles. The van der Waals surface area contributed by atoms with Crippen LogP contribution in [0.1, 0.15) is 46.5 Å². The highest BCUT2D eigenvalue weighted by molar-refractivity contribution is 5.99. The van der Waals surface area contributed by atoms with Crippen LogP contribution in [0.5, 0.6) is 0 Å². The van der Waals surface area contributed by atoms with E-state index < -0.39 is 5.54 Å². The van der Waals surface area contributed by atoms with Gasteiger partial charge in [0.15, 0.2) is 0 Å². The van der Waals surface area contributed by atoms with Crippen LogP contribution in [0.3, 0.4) is 0 Å². The van der Waals surface area contributed by atoms with Crippen molar-refractivity contribution in [3.05, 3.63) is 0 Å². The topological polar surface area (TPSA) is 58.6 Å². The van der Waals surface area contributed by atoms with Crippen LogP contribution in [-0.4, -0.2) is 47.0 Å². The van der Waals surface area contributed by atoms with Crippen molar-refractivity contribution in [2.45, 2.75) is 70.2 Å². The Hall–Kier alpha value is -1.10. The highest BCUT2D eigenvalue weighted by Gasteiger charge is 2.51. The van der Waals surface area contributed by atoms with Gasteiger partial charge in [0.1, 0.15) is 11.6 Å². The molecule has 2 heterocycles. The lowest BCUT2D eigenvalue weighted by atomic mass is 9.94. The summed E-state index contributed by atoms with van der Waals surface area (Å²) in [5, 5.41) is 2.87. The summed E-state index contributed by atoms with van der Waals surface area (Å²) in [4.78, 5) is 26.8. The molecular weight excluding hydrogens is 256 g/mol. The Morgan fingerprint density at radius 3 is 2.50 bits per heavy atom. The van der Waals surface area contributed by atoms with Gasteiger partial charge >= 0.3 is 0 Å². The largest absolute Gasteiger partial charge is 0.373 e. The van der Waals surface area contributed by atoms with Crippen LogP contribution in [0.4, 0.5) is 0 Å². The zero-order valence-electron chi connectivity index (χ0n) is 12.5. The van der Waals surface area contributed by atoms with E-state index in [9.17, 15) is 9.59 Å². The number of ether oxygens (including phenoxy) is 1. The summed E-state index contributed by atoms with van der Waals surface area (Å²) < 4.78 is 5.84. The molecule has 0 aromatic rings. The Morgan fingerprint density at radius 1 is 1.25 bits per heavy atom. The van der Waals surface area contributed by atoms with E-state index in [4.69, 9.17) is 4.74 Å². The summed E-state index contributed by atoms with van der Waals surface area (Å²) in [5.74, 6) is 0.370. The number of amides is 2. The normalized spacial score (nSPS) is 37.1. The second-order valence-corrected chi connectivity index (χ2v) is 7.00. The third-order valence-electron chi connectivity index (χ3n) is 4.62. The molecule has 112 valence electrons. The van der Waals surface area contributed by atoms with Crippen molar-refractivity contribution < 1.29 is 14.3 Å². The summed E-state index contributed by atoms with van der Waals surface area (Å²) in [6, 6.07) is -0.282. The average molecular weight is 280 g/mol. The lowest BCUT2D eigenvalue weighted by Crippen LogP contribution is -2.69. The monoisotopic (exact) mass is 280 g/mol. The Labute approximate surface area is 120 Å². The molecule has 5 nitrogen and oxygen atoms in total. The molecule has 1 saturated carbocycles. The molecule has 0 bridgehead atoms. The van der Waals surface area contributed by atoms with E-state index in [0.29, 0.717) is 12.5 Å². The molecule has 1 N–H and O–H groups in total. The lowest BCUT2D eigenvalue weighted by molar-refractivity contribution is -0.156. The maximum absolute atomic E-state index is 12.7. The minimum absolute atomic E-state index is 0.00291. The van der Waals surface area contributed by atoms with Crippen LogP contribution in [0.2, 0.25) is 0 Å². The molecule has 3 unspecified atom stereocenters. The second kappa shape index (κ2) is 4.72. The number of hydrogen-bond acceptors (Lipinski definition) is 3. The highest BCUT2D eigenvalue weighted by atomic mass is 16.5. The first-order valence-electron chi connectivity index (χ1n) is 7.67. The van der Waals surface area contributed by atoms with Crippen LogP contribution in [0.15, 0.2) is 0 Å². The van der Waals surface area contributed by atoms with Crippen molar-refractivity contribution in [3.8, 4) is 0 Å². The summed E-state index contributed by atoms with van der Waals surface area (Å²) in [5.41, 5.74) is -0.799. The second-order valence-electron chi connectivity index (χ2n) is 7.00. The Balaban J connectivity index is 1.78. The number of hydrogen-bond donors (Lipinski definition) is 1. The van der Waals surface area contributed by atoms with Gasteiger partial charge in [0.2, 0.25) is 11.8 Å². The molecule has 1 aliphatic carbocycles. The molecule has 20 heavy (non-hydrogen) atoms. The van der Waals surface area contributed by atoms with E-state index in [0.717, 1.165) is 25.7 Å². The molecular formula is C15H24N2O3. The van der Waals surface area contributed by atoms with Crippen LogP contribution in [-0.2, 0) is 14.3 Å². The van der Waals surface area contributed by atoms with Crippen molar-refractivity contribution in [2.24, 2.45) is 5.92 Å². The number of carbonyl (C=O) groups is 2. The van der Waals surface area contributed by atoms with Gasteiger partial charge in [0, 0.05) is 6.54 Å². The summed E-state index contributed by atoms with van der Waals surface area (Å²) in [7, 11) is 0. The van der Waals surface area contributed by atoms with Gasteiger partial charge in [0.25, 0.3) is 0 Å². The summed E-state index contributed by atoms with van der Waals surface area (Å²) in [6.45, 7) is 6.18. The maximum Gasteiger partial charge on any atom is 0.248 e. The molecule has 0 spiro atoms. The van der Waals surface area contributed by atoms with Crippen LogP contribution in [0.25, 0.3) is 0 Å². The number of nitrogens with one attached hydrogen (secondary N) is 1. The highest BCUT2D eigenvalue weighted by Crippen LogP contribution is 2.38. The first kappa shape index (κ1) is 13.9. The Kier molecular flexibility index (Phi) is 3.27. The number of nitrogens with zero attached hydrogens (tertiary/aromatic N) is 1. The SMILES string of the molecule is CC1CCC(CN2C(=O)C(C)(C)NC(=O)C2C2CC2)O1. The van der Waals surface area contributed by atoms with Gasteiger partial charge in [-0.3, -0.25) is 9.59 Å². The lowest BCUT2D eigenvalue weighted by Gasteiger charge is -2.43. The summed E-state index contributed by atoms with van der Waals surface area (Å²) >= 11 is 0. The summed E-state index contributed by atoms with van der Waals surface area (Å²) in [6.07, 6.45) is 4.45. The van der Waals surface area contributed by atoms with Gasteiger partial charge < -0.3 is 15.0 Å². The van der Waals surface area contributed by atoms with Gasteiger partial charge in [-0.1, -0.05) is 0 Å². The number of carbonyl (C=O) groups excluding carboxylic acids is 2. The van der Waals surface area contributed by atoms with Gasteiger partial charge in [-0.15, -0.1) is 0 Å². The minimum Gasteiger partial charge on any atom is -0.373 e. The van der Waals surface area contributed by atoms with Gasteiger partial charge in [-0.25, -0.2) is 0 Å².